The standard InChI is InChI=1S/C36H41N5O6/c1-22(42)39-27-15-13-24-20-30(45-3)34(46-4)35(47-5)32(24)25-14-16-28(29(43)21-26(25)27)37-17-9-12-31(44)40-33(23-10-7-6-8-11-23)36-38-18-19-41(36)2/h6-8,10-11,14,16,18-21,27,33H,9,12-13,15,17H2,1-5H3,(H,37,43)(H,39,42)(H,40,44)/t27-,33?/m0/s1. The normalized spacial score (nSPS) is 14.1. The molecule has 0 saturated carbocycles. The minimum absolute atomic E-state index is 0.123. The van der Waals surface area contributed by atoms with E-state index in [2.05, 4.69) is 20.9 Å². The molecule has 2 atom stereocenters. The monoisotopic (exact) mass is 639 g/mol. The van der Waals surface area contributed by atoms with Gasteiger partial charge in [0.05, 0.1) is 33.1 Å². The molecule has 0 bridgehead atoms. The number of fused-ring (bicyclic) bond motifs is 3. The highest BCUT2D eigenvalue weighted by atomic mass is 16.5. The highest BCUT2D eigenvalue weighted by Crippen LogP contribution is 2.50. The zero-order valence-corrected chi connectivity index (χ0v) is 27.4. The molecule has 3 N–H and O–H groups in total. The molecule has 2 amide bonds. The summed E-state index contributed by atoms with van der Waals surface area (Å²) in [4.78, 5) is 43.3. The zero-order chi connectivity index (χ0) is 33.5. The Labute approximate surface area is 274 Å². The van der Waals surface area contributed by atoms with E-state index in [-0.39, 0.29) is 29.7 Å². The first-order chi connectivity index (χ1) is 22.7. The lowest BCUT2D eigenvalue weighted by molar-refractivity contribution is -0.122. The van der Waals surface area contributed by atoms with E-state index >= 15 is 0 Å². The molecule has 0 aliphatic heterocycles. The van der Waals surface area contributed by atoms with E-state index in [1.807, 2.05) is 60.3 Å². The number of aromatic nitrogens is 2. The summed E-state index contributed by atoms with van der Waals surface area (Å²) in [6, 6.07) is 16.0. The van der Waals surface area contributed by atoms with Gasteiger partial charge in [0.15, 0.2) is 11.5 Å². The second-order valence-electron chi connectivity index (χ2n) is 11.4. The minimum Gasteiger partial charge on any atom is -0.493 e. The molecule has 47 heavy (non-hydrogen) atoms. The Balaban J connectivity index is 1.37. The van der Waals surface area contributed by atoms with Crippen molar-refractivity contribution in [3.8, 4) is 28.4 Å². The number of hydrogen-bond donors (Lipinski definition) is 3. The van der Waals surface area contributed by atoms with Crippen molar-refractivity contribution in [2.75, 3.05) is 33.2 Å². The second kappa shape index (κ2) is 14.8. The largest absolute Gasteiger partial charge is 0.493 e. The average Bonchev–Trinajstić information content (AvgIpc) is 3.36. The molecule has 0 saturated heterocycles. The SMILES string of the molecule is COc1cc2c(c(OC)c1OC)-c1ccc(NCCCC(=O)NC(c3ccccc3)c3nccn3C)c(=O)cc1[C@@H](NC(C)=O)CC2. The Hall–Kier alpha value is -5.32. The number of anilines is 1. The van der Waals surface area contributed by atoms with E-state index in [9.17, 15) is 14.4 Å². The van der Waals surface area contributed by atoms with Crippen LogP contribution in [0.25, 0.3) is 11.1 Å². The van der Waals surface area contributed by atoms with E-state index in [1.54, 1.807) is 39.7 Å². The number of rotatable bonds is 12. The molecule has 1 aliphatic rings. The van der Waals surface area contributed by atoms with Crippen LogP contribution >= 0.6 is 0 Å². The van der Waals surface area contributed by atoms with E-state index in [0.717, 1.165) is 28.1 Å². The van der Waals surface area contributed by atoms with Gasteiger partial charge in [-0.3, -0.25) is 14.4 Å². The summed E-state index contributed by atoms with van der Waals surface area (Å²) >= 11 is 0. The van der Waals surface area contributed by atoms with Crippen LogP contribution in [0.5, 0.6) is 17.2 Å². The number of methoxy groups -OCH3 is 3. The third kappa shape index (κ3) is 7.24. The molecule has 246 valence electrons. The third-order valence-corrected chi connectivity index (χ3v) is 8.37. The van der Waals surface area contributed by atoms with Crippen LogP contribution in [0.2, 0.25) is 0 Å². The van der Waals surface area contributed by atoms with Crippen molar-refractivity contribution in [2.45, 2.75) is 44.7 Å². The Bertz CT molecular complexity index is 1810. The molecule has 3 aromatic carbocycles. The quantitative estimate of drug-likeness (QED) is 0.190. The smallest absolute Gasteiger partial charge is 0.220 e. The molecule has 11 nitrogen and oxygen atoms in total. The molecule has 4 aromatic rings. The molecular weight excluding hydrogens is 598 g/mol. The van der Waals surface area contributed by atoms with Crippen LogP contribution in [0.15, 0.2) is 71.8 Å². The molecule has 1 aromatic heterocycles. The van der Waals surface area contributed by atoms with Crippen molar-refractivity contribution in [3.63, 3.8) is 0 Å². The van der Waals surface area contributed by atoms with Crippen molar-refractivity contribution < 1.29 is 23.8 Å². The molecule has 1 aliphatic carbocycles. The van der Waals surface area contributed by atoms with Crippen molar-refractivity contribution >= 4 is 17.5 Å². The Morgan fingerprint density at radius 3 is 2.45 bits per heavy atom. The van der Waals surface area contributed by atoms with Crippen LogP contribution in [0.1, 0.15) is 60.8 Å². The van der Waals surface area contributed by atoms with Crippen LogP contribution in [-0.4, -0.2) is 49.2 Å². The number of carbonyl (C=O) groups excluding carboxylic acids is 2. The molecule has 0 fully saturated rings. The van der Waals surface area contributed by atoms with Crippen molar-refractivity contribution in [3.05, 3.63) is 99.7 Å². The molecule has 1 unspecified atom stereocenters. The van der Waals surface area contributed by atoms with Crippen LogP contribution in [0.3, 0.4) is 0 Å². The van der Waals surface area contributed by atoms with Gasteiger partial charge in [0.25, 0.3) is 0 Å². The molecule has 5 rings (SSSR count). The summed E-state index contributed by atoms with van der Waals surface area (Å²) in [5.74, 6) is 1.89. The van der Waals surface area contributed by atoms with Crippen molar-refractivity contribution in [2.24, 2.45) is 7.05 Å². The van der Waals surface area contributed by atoms with Crippen molar-refractivity contribution in [1.29, 1.82) is 0 Å². The lowest BCUT2D eigenvalue weighted by Gasteiger charge is -2.19. The maximum Gasteiger partial charge on any atom is 0.220 e. The Morgan fingerprint density at radius 1 is 1.02 bits per heavy atom. The number of carbonyl (C=O) groups is 2. The van der Waals surface area contributed by atoms with Crippen molar-refractivity contribution in [1.82, 2.24) is 20.2 Å². The number of ether oxygens (including phenoxy) is 3. The first-order valence-corrected chi connectivity index (χ1v) is 15.6. The second-order valence-corrected chi connectivity index (χ2v) is 11.4. The summed E-state index contributed by atoms with van der Waals surface area (Å²) in [5, 5.41) is 9.36. The Kier molecular flexibility index (Phi) is 10.4. The number of aryl methyl sites for hydroxylation is 2. The van der Waals surface area contributed by atoms with Crippen LogP contribution < -0.4 is 35.6 Å². The van der Waals surface area contributed by atoms with Gasteiger partial charge in [0.2, 0.25) is 23.0 Å². The van der Waals surface area contributed by atoms with E-state index in [1.165, 1.54) is 6.92 Å². The third-order valence-electron chi connectivity index (χ3n) is 8.37. The molecule has 0 spiro atoms. The number of imidazole rings is 1. The van der Waals surface area contributed by atoms with Gasteiger partial charge < -0.3 is 34.7 Å². The number of nitrogens with zero attached hydrogens (tertiary/aromatic N) is 2. The van der Waals surface area contributed by atoms with Gasteiger partial charge in [-0.05, 0) is 59.7 Å². The highest BCUT2D eigenvalue weighted by Gasteiger charge is 2.29. The number of nitrogens with one attached hydrogen (secondary N) is 3. The number of benzene rings is 2. The van der Waals surface area contributed by atoms with E-state index in [0.29, 0.717) is 54.3 Å². The molecule has 11 heteroatoms. The number of amides is 2. The van der Waals surface area contributed by atoms with Gasteiger partial charge in [0.1, 0.15) is 11.9 Å². The fourth-order valence-corrected chi connectivity index (χ4v) is 6.16. The maximum absolute atomic E-state index is 13.6. The minimum atomic E-state index is -0.399. The van der Waals surface area contributed by atoms with E-state index < -0.39 is 6.04 Å². The van der Waals surface area contributed by atoms with Gasteiger partial charge in [-0.25, -0.2) is 4.98 Å². The average molecular weight is 640 g/mol. The van der Waals surface area contributed by atoms with Gasteiger partial charge in [0, 0.05) is 44.9 Å². The Morgan fingerprint density at radius 2 is 1.79 bits per heavy atom. The summed E-state index contributed by atoms with van der Waals surface area (Å²) in [6.07, 6.45) is 5.49. The molecule has 1 heterocycles. The lowest BCUT2D eigenvalue weighted by atomic mass is 9.95. The van der Waals surface area contributed by atoms with Crippen LogP contribution in [0, 0.1) is 0 Å². The first kappa shape index (κ1) is 33.1. The maximum atomic E-state index is 13.6. The van der Waals surface area contributed by atoms with Crippen LogP contribution in [0.4, 0.5) is 5.69 Å². The topological polar surface area (TPSA) is 133 Å². The zero-order valence-electron chi connectivity index (χ0n) is 27.4. The highest BCUT2D eigenvalue weighted by molar-refractivity contribution is 5.84. The van der Waals surface area contributed by atoms with Gasteiger partial charge in [-0.1, -0.05) is 36.4 Å². The summed E-state index contributed by atoms with van der Waals surface area (Å²) in [7, 11) is 6.58. The predicted octanol–water partition coefficient (Wildman–Crippen LogP) is 4.69. The summed E-state index contributed by atoms with van der Waals surface area (Å²) in [5.41, 5.74) is 4.26. The fourth-order valence-electron chi connectivity index (χ4n) is 6.16. The number of hydrogen-bond acceptors (Lipinski definition) is 8. The molecule has 0 radical (unpaired) electrons. The molecular formula is C36H41N5O6. The summed E-state index contributed by atoms with van der Waals surface area (Å²) < 4.78 is 19.0. The van der Waals surface area contributed by atoms with E-state index in [4.69, 9.17) is 14.2 Å². The predicted molar refractivity (Wildman–Crippen MR) is 180 cm³/mol. The summed E-state index contributed by atoms with van der Waals surface area (Å²) in [6.45, 7) is 1.86. The fraction of sp³-hybridized carbons (Fsp3) is 0.333. The first-order valence-electron chi connectivity index (χ1n) is 15.6. The van der Waals surface area contributed by atoms with Gasteiger partial charge in [-0.2, -0.15) is 0 Å². The van der Waals surface area contributed by atoms with Gasteiger partial charge >= 0.3 is 0 Å². The van der Waals surface area contributed by atoms with Crippen LogP contribution in [-0.2, 0) is 23.1 Å². The lowest BCUT2D eigenvalue weighted by Crippen LogP contribution is -2.31. The van der Waals surface area contributed by atoms with Gasteiger partial charge in [-0.15, -0.1) is 0 Å².